The first kappa shape index (κ1) is 11.2. The Bertz CT molecular complexity index is 227. The Hall–Kier alpha value is -0.910. The zero-order chi connectivity index (χ0) is 10.6. The molecule has 80 valence electrons. The highest BCUT2D eigenvalue weighted by Gasteiger charge is 2.31. The molecule has 1 aliphatic heterocycles. The summed E-state index contributed by atoms with van der Waals surface area (Å²) < 4.78 is 4.75. The summed E-state index contributed by atoms with van der Waals surface area (Å²) in [7, 11) is 0. The number of ether oxygens (including phenoxy) is 1. The van der Waals surface area contributed by atoms with E-state index in [0.29, 0.717) is 25.4 Å². The second-order valence-corrected chi connectivity index (χ2v) is 4.21. The smallest absolute Gasteiger partial charge is 0.407 e. The van der Waals surface area contributed by atoms with E-state index in [1.807, 2.05) is 0 Å². The SMILES string of the molecule is CCOC(=O)CSC1CN(C(=O)O)C1. The molecule has 0 aliphatic carbocycles. The molecule has 0 radical (unpaired) electrons. The topological polar surface area (TPSA) is 66.8 Å². The molecule has 1 fully saturated rings. The summed E-state index contributed by atoms with van der Waals surface area (Å²) in [5, 5.41) is 8.78. The van der Waals surface area contributed by atoms with Crippen LogP contribution in [-0.2, 0) is 9.53 Å². The van der Waals surface area contributed by atoms with Crippen LogP contribution in [0.1, 0.15) is 6.92 Å². The second-order valence-electron chi connectivity index (χ2n) is 2.93. The first-order valence-corrected chi connectivity index (χ1v) is 5.43. The highest BCUT2D eigenvalue weighted by atomic mass is 32.2. The van der Waals surface area contributed by atoms with Gasteiger partial charge in [0.2, 0.25) is 0 Å². The first-order chi connectivity index (χ1) is 6.63. The van der Waals surface area contributed by atoms with Crippen molar-refractivity contribution in [3.63, 3.8) is 0 Å². The summed E-state index contributed by atoms with van der Waals surface area (Å²) in [5.74, 6) is 0.0812. The third-order valence-electron chi connectivity index (χ3n) is 1.86. The third kappa shape index (κ3) is 3.10. The van der Waals surface area contributed by atoms with Crippen LogP contribution in [0, 0.1) is 0 Å². The highest BCUT2D eigenvalue weighted by molar-refractivity contribution is 8.00. The molecule has 1 rings (SSSR count). The molecule has 0 aromatic rings. The molecule has 6 heteroatoms. The van der Waals surface area contributed by atoms with Gasteiger partial charge in [0.05, 0.1) is 12.4 Å². The Morgan fingerprint density at radius 1 is 1.57 bits per heavy atom. The van der Waals surface area contributed by atoms with Crippen LogP contribution in [0.25, 0.3) is 0 Å². The Balaban J connectivity index is 2.06. The van der Waals surface area contributed by atoms with Gasteiger partial charge < -0.3 is 14.7 Å². The van der Waals surface area contributed by atoms with Crippen molar-refractivity contribution in [3.05, 3.63) is 0 Å². The lowest BCUT2D eigenvalue weighted by molar-refractivity contribution is -0.139. The van der Waals surface area contributed by atoms with E-state index >= 15 is 0 Å². The zero-order valence-electron chi connectivity index (χ0n) is 7.93. The van der Waals surface area contributed by atoms with Crippen LogP contribution in [0.5, 0.6) is 0 Å². The first-order valence-electron chi connectivity index (χ1n) is 4.38. The predicted molar refractivity (Wildman–Crippen MR) is 52.5 cm³/mol. The molecule has 0 saturated carbocycles. The number of esters is 1. The Labute approximate surface area is 86.4 Å². The van der Waals surface area contributed by atoms with E-state index in [9.17, 15) is 9.59 Å². The molecule has 1 heterocycles. The number of carbonyl (C=O) groups is 2. The number of thioether (sulfide) groups is 1. The number of carboxylic acid groups (broad SMARTS) is 1. The van der Waals surface area contributed by atoms with Gasteiger partial charge in [0, 0.05) is 18.3 Å². The average Bonchev–Trinajstić information content (AvgIpc) is 2.01. The molecule has 0 unspecified atom stereocenters. The van der Waals surface area contributed by atoms with E-state index in [1.54, 1.807) is 6.92 Å². The Morgan fingerprint density at radius 3 is 2.71 bits per heavy atom. The van der Waals surface area contributed by atoms with E-state index in [-0.39, 0.29) is 11.2 Å². The van der Waals surface area contributed by atoms with Gasteiger partial charge in [0.25, 0.3) is 0 Å². The number of nitrogens with zero attached hydrogens (tertiary/aromatic N) is 1. The fourth-order valence-electron chi connectivity index (χ4n) is 1.09. The van der Waals surface area contributed by atoms with Gasteiger partial charge in [-0.1, -0.05) is 0 Å². The van der Waals surface area contributed by atoms with Crippen LogP contribution >= 0.6 is 11.8 Å². The van der Waals surface area contributed by atoms with Crippen LogP contribution < -0.4 is 0 Å². The summed E-state index contributed by atoms with van der Waals surface area (Å²) in [6, 6.07) is 0. The fraction of sp³-hybridized carbons (Fsp3) is 0.750. The van der Waals surface area contributed by atoms with Gasteiger partial charge in [-0.2, -0.15) is 0 Å². The van der Waals surface area contributed by atoms with E-state index in [0.717, 1.165) is 0 Å². The van der Waals surface area contributed by atoms with Crippen LogP contribution in [0.3, 0.4) is 0 Å². The predicted octanol–water partition coefficient (Wildman–Crippen LogP) is 0.645. The summed E-state index contributed by atoms with van der Waals surface area (Å²) in [6.07, 6.45) is -0.891. The fourth-order valence-corrected chi connectivity index (χ4v) is 2.11. The molecule has 0 bridgehead atoms. The summed E-state index contributed by atoms with van der Waals surface area (Å²) >= 11 is 1.45. The summed E-state index contributed by atoms with van der Waals surface area (Å²) in [4.78, 5) is 22.6. The Morgan fingerprint density at radius 2 is 2.21 bits per heavy atom. The van der Waals surface area contributed by atoms with Gasteiger partial charge in [-0.05, 0) is 6.92 Å². The van der Waals surface area contributed by atoms with Crippen LogP contribution in [0.4, 0.5) is 4.79 Å². The number of hydrogen-bond acceptors (Lipinski definition) is 4. The molecule has 1 aliphatic rings. The Kier molecular flexibility index (Phi) is 4.06. The van der Waals surface area contributed by atoms with Gasteiger partial charge in [-0.15, -0.1) is 11.8 Å². The molecule has 1 amide bonds. The van der Waals surface area contributed by atoms with E-state index in [2.05, 4.69) is 0 Å². The molecule has 1 N–H and O–H groups in total. The van der Waals surface area contributed by atoms with E-state index in [4.69, 9.17) is 9.84 Å². The standard InChI is InChI=1S/C8H13NO4S/c1-2-13-7(10)5-14-6-3-9(4-6)8(11)12/h6H,2-5H2,1H3,(H,11,12). The largest absolute Gasteiger partial charge is 0.465 e. The maximum absolute atomic E-state index is 10.9. The number of likely N-dealkylation sites (tertiary alicyclic amines) is 1. The number of rotatable bonds is 4. The summed E-state index contributed by atoms with van der Waals surface area (Å²) in [5.41, 5.74) is 0. The van der Waals surface area contributed by atoms with Crippen LogP contribution in [-0.4, -0.2) is 52.8 Å². The van der Waals surface area contributed by atoms with Gasteiger partial charge in [-0.25, -0.2) is 4.79 Å². The van der Waals surface area contributed by atoms with Crippen molar-refractivity contribution in [2.45, 2.75) is 12.2 Å². The third-order valence-corrected chi connectivity index (χ3v) is 3.03. The molecule has 0 spiro atoms. The van der Waals surface area contributed by atoms with Crippen molar-refractivity contribution in [3.8, 4) is 0 Å². The van der Waals surface area contributed by atoms with Crippen molar-refractivity contribution in [2.75, 3.05) is 25.4 Å². The van der Waals surface area contributed by atoms with Crippen molar-refractivity contribution in [1.82, 2.24) is 4.90 Å². The lowest BCUT2D eigenvalue weighted by Crippen LogP contribution is -2.51. The van der Waals surface area contributed by atoms with Crippen LogP contribution in [0.2, 0.25) is 0 Å². The molecule has 0 aromatic carbocycles. The maximum Gasteiger partial charge on any atom is 0.407 e. The number of carbonyl (C=O) groups excluding carboxylic acids is 1. The monoisotopic (exact) mass is 219 g/mol. The minimum Gasteiger partial charge on any atom is -0.465 e. The van der Waals surface area contributed by atoms with Gasteiger partial charge in [0.1, 0.15) is 0 Å². The van der Waals surface area contributed by atoms with Crippen molar-refractivity contribution >= 4 is 23.8 Å². The minimum atomic E-state index is -0.891. The highest BCUT2D eigenvalue weighted by Crippen LogP contribution is 2.22. The van der Waals surface area contributed by atoms with Gasteiger partial charge >= 0.3 is 12.1 Å². The molecule has 14 heavy (non-hydrogen) atoms. The van der Waals surface area contributed by atoms with E-state index in [1.165, 1.54) is 16.7 Å². The minimum absolute atomic E-state index is 0.230. The van der Waals surface area contributed by atoms with Gasteiger partial charge in [-0.3, -0.25) is 4.79 Å². The molecular formula is C8H13NO4S. The number of amides is 1. The normalized spacial score (nSPS) is 16.2. The molecule has 1 saturated heterocycles. The quantitative estimate of drug-likeness (QED) is 0.703. The molecule has 5 nitrogen and oxygen atoms in total. The van der Waals surface area contributed by atoms with Gasteiger partial charge in [0.15, 0.2) is 0 Å². The lowest BCUT2D eigenvalue weighted by atomic mass is 10.2. The van der Waals surface area contributed by atoms with Crippen molar-refractivity contribution < 1.29 is 19.4 Å². The van der Waals surface area contributed by atoms with Crippen LogP contribution in [0.15, 0.2) is 0 Å². The zero-order valence-corrected chi connectivity index (χ0v) is 8.75. The molecule has 0 aromatic heterocycles. The molecule has 0 atom stereocenters. The number of hydrogen-bond donors (Lipinski definition) is 1. The maximum atomic E-state index is 10.9. The summed E-state index contributed by atoms with van der Waals surface area (Å²) in [6.45, 7) is 3.18. The van der Waals surface area contributed by atoms with E-state index < -0.39 is 6.09 Å². The van der Waals surface area contributed by atoms with Crippen molar-refractivity contribution in [1.29, 1.82) is 0 Å². The average molecular weight is 219 g/mol. The lowest BCUT2D eigenvalue weighted by Gasteiger charge is -2.36. The van der Waals surface area contributed by atoms with Crippen molar-refractivity contribution in [2.24, 2.45) is 0 Å². The molecular weight excluding hydrogens is 206 g/mol. The second kappa shape index (κ2) is 5.09.